The topological polar surface area (TPSA) is 35.2 Å². The molecule has 0 amide bonds. The van der Waals surface area contributed by atoms with E-state index < -0.39 is 0 Å². The molecule has 0 aromatic rings. The van der Waals surface area contributed by atoms with Crippen LogP contribution in [0.5, 0.6) is 0 Å². The van der Waals surface area contributed by atoms with Crippen LogP contribution < -0.4 is 5.73 Å². The van der Waals surface area contributed by atoms with Gasteiger partial charge in [-0.3, -0.25) is 0 Å². The van der Waals surface area contributed by atoms with E-state index in [9.17, 15) is 0 Å². The maximum absolute atomic E-state index is 6.04. The summed E-state index contributed by atoms with van der Waals surface area (Å²) in [5.74, 6) is 0.747. The van der Waals surface area contributed by atoms with Crippen LogP contribution in [0.2, 0.25) is 0 Å². The molecule has 1 rings (SSSR count). The van der Waals surface area contributed by atoms with Crippen LogP contribution in [-0.2, 0) is 4.74 Å². The highest BCUT2D eigenvalue weighted by molar-refractivity contribution is 4.71. The molecule has 1 aliphatic heterocycles. The number of hydrogen-bond donors (Lipinski definition) is 1. The van der Waals surface area contributed by atoms with Gasteiger partial charge in [0.1, 0.15) is 0 Å². The Kier molecular flexibility index (Phi) is 5.40. The minimum atomic E-state index is 0.415. The number of rotatable bonds is 6. The van der Waals surface area contributed by atoms with Crippen LogP contribution in [0.25, 0.3) is 0 Å². The molecule has 13 heavy (non-hydrogen) atoms. The lowest BCUT2D eigenvalue weighted by atomic mass is 9.96. The second-order valence-electron chi connectivity index (χ2n) is 4.22. The lowest BCUT2D eigenvalue weighted by Crippen LogP contribution is -2.23. The van der Waals surface area contributed by atoms with E-state index in [1.54, 1.807) is 0 Å². The van der Waals surface area contributed by atoms with E-state index in [1.807, 2.05) is 0 Å². The van der Waals surface area contributed by atoms with Gasteiger partial charge in [-0.15, -0.1) is 0 Å². The molecule has 0 aliphatic carbocycles. The molecule has 1 fully saturated rings. The van der Waals surface area contributed by atoms with Gasteiger partial charge < -0.3 is 10.5 Å². The first-order valence-electron chi connectivity index (χ1n) is 5.66. The average molecular weight is 185 g/mol. The van der Waals surface area contributed by atoms with Gasteiger partial charge in [0.15, 0.2) is 0 Å². The van der Waals surface area contributed by atoms with E-state index in [0.717, 1.165) is 19.1 Å². The Morgan fingerprint density at radius 1 is 1.46 bits per heavy atom. The van der Waals surface area contributed by atoms with Crippen LogP contribution in [0.4, 0.5) is 0 Å². The van der Waals surface area contributed by atoms with Crippen LogP contribution in [0.1, 0.15) is 45.4 Å². The zero-order valence-electron chi connectivity index (χ0n) is 8.80. The second-order valence-corrected chi connectivity index (χ2v) is 4.22. The molecule has 1 aliphatic rings. The molecule has 0 saturated carbocycles. The third kappa shape index (κ3) is 4.63. The Morgan fingerprint density at radius 3 is 2.92 bits per heavy atom. The molecule has 0 aromatic heterocycles. The molecule has 1 saturated heterocycles. The van der Waals surface area contributed by atoms with Crippen molar-refractivity contribution in [3.8, 4) is 0 Å². The van der Waals surface area contributed by atoms with E-state index in [4.69, 9.17) is 10.5 Å². The predicted octanol–water partition coefficient (Wildman–Crippen LogP) is 2.32. The van der Waals surface area contributed by atoms with Crippen molar-refractivity contribution in [1.82, 2.24) is 0 Å². The number of unbranched alkanes of at least 4 members (excludes halogenated alkanes) is 2. The van der Waals surface area contributed by atoms with Crippen LogP contribution in [0, 0.1) is 5.92 Å². The van der Waals surface area contributed by atoms with Crippen molar-refractivity contribution in [2.75, 3.05) is 13.2 Å². The zero-order chi connectivity index (χ0) is 9.52. The van der Waals surface area contributed by atoms with Gasteiger partial charge in [-0.05, 0) is 25.2 Å². The second kappa shape index (κ2) is 6.39. The Balaban J connectivity index is 1.99. The highest BCUT2D eigenvalue weighted by atomic mass is 16.5. The first-order chi connectivity index (χ1) is 6.33. The standard InChI is InChI=1S/C11H23NO/c1-2-3-4-5-11(12)8-10-6-7-13-9-10/h10-11H,2-9,12H2,1H3. The highest BCUT2D eigenvalue weighted by Crippen LogP contribution is 2.19. The predicted molar refractivity (Wildman–Crippen MR) is 55.7 cm³/mol. The molecule has 2 N–H and O–H groups in total. The van der Waals surface area contributed by atoms with Crippen molar-refractivity contribution in [2.45, 2.75) is 51.5 Å². The molecular formula is C11H23NO. The molecule has 0 spiro atoms. The van der Waals surface area contributed by atoms with E-state index in [1.165, 1.54) is 38.5 Å². The summed E-state index contributed by atoms with van der Waals surface area (Å²) >= 11 is 0. The van der Waals surface area contributed by atoms with Gasteiger partial charge in [-0.1, -0.05) is 26.2 Å². The summed E-state index contributed by atoms with van der Waals surface area (Å²) in [7, 11) is 0. The number of nitrogens with two attached hydrogens (primary N) is 1. The van der Waals surface area contributed by atoms with Gasteiger partial charge in [0.25, 0.3) is 0 Å². The molecule has 2 nitrogen and oxygen atoms in total. The molecule has 2 atom stereocenters. The zero-order valence-corrected chi connectivity index (χ0v) is 8.80. The van der Waals surface area contributed by atoms with Crippen molar-refractivity contribution < 1.29 is 4.74 Å². The van der Waals surface area contributed by atoms with Crippen LogP contribution in [0.3, 0.4) is 0 Å². The van der Waals surface area contributed by atoms with Gasteiger partial charge in [0.05, 0.1) is 0 Å². The first-order valence-corrected chi connectivity index (χ1v) is 5.66. The fourth-order valence-electron chi connectivity index (χ4n) is 1.97. The van der Waals surface area contributed by atoms with Gasteiger partial charge in [0, 0.05) is 19.3 Å². The first kappa shape index (κ1) is 11.0. The Labute approximate surface area is 81.8 Å². The van der Waals surface area contributed by atoms with E-state index >= 15 is 0 Å². The maximum Gasteiger partial charge on any atom is 0.0495 e. The SMILES string of the molecule is CCCCCC(N)CC1CCOC1. The van der Waals surface area contributed by atoms with Crippen LogP contribution in [-0.4, -0.2) is 19.3 Å². The van der Waals surface area contributed by atoms with Gasteiger partial charge in [-0.25, -0.2) is 0 Å². The normalized spacial score (nSPS) is 24.9. The summed E-state index contributed by atoms with van der Waals surface area (Å²) in [6.45, 7) is 4.13. The number of ether oxygens (including phenoxy) is 1. The van der Waals surface area contributed by atoms with E-state index in [0.29, 0.717) is 6.04 Å². The fraction of sp³-hybridized carbons (Fsp3) is 1.00. The van der Waals surface area contributed by atoms with Crippen molar-refractivity contribution in [1.29, 1.82) is 0 Å². The molecule has 1 heterocycles. The third-order valence-electron chi connectivity index (χ3n) is 2.84. The molecule has 2 unspecified atom stereocenters. The maximum atomic E-state index is 6.04. The largest absolute Gasteiger partial charge is 0.381 e. The van der Waals surface area contributed by atoms with Gasteiger partial charge >= 0.3 is 0 Å². The lowest BCUT2D eigenvalue weighted by Gasteiger charge is -2.14. The Morgan fingerprint density at radius 2 is 2.31 bits per heavy atom. The highest BCUT2D eigenvalue weighted by Gasteiger charge is 2.18. The smallest absolute Gasteiger partial charge is 0.0495 e. The van der Waals surface area contributed by atoms with E-state index in [-0.39, 0.29) is 0 Å². The van der Waals surface area contributed by atoms with Gasteiger partial charge in [0.2, 0.25) is 0 Å². The fourth-order valence-corrected chi connectivity index (χ4v) is 1.97. The summed E-state index contributed by atoms with van der Waals surface area (Å²) < 4.78 is 5.33. The van der Waals surface area contributed by atoms with Crippen molar-refractivity contribution in [3.05, 3.63) is 0 Å². The molecule has 0 aromatic carbocycles. The molecule has 78 valence electrons. The molecule has 2 heteroatoms. The lowest BCUT2D eigenvalue weighted by molar-refractivity contribution is 0.182. The summed E-state index contributed by atoms with van der Waals surface area (Å²) in [6, 6.07) is 0.415. The molecule has 0 radical (unpaired) electrons. The van der Waals surface area contributed by atoms with Crippen molar-refractivity contribution in [2.24, 2.45) is 11.7 Å². The minimum absolute atomic E-state index is 0.415. The van der Waals surface area contributed by atoms with E-state index in [2.05, 4.69) is 6.92 Å². The minimum Gasteiger partial charge on any atom is -0.381 e. The summed E-state index contributed by atoms with van der Waals surface area (Å²) in [6.07, 6.45) is 7.51. The van der Waals surface area contributed by atoms with Crippen molar-refractivity contribution >= 4 is 0 Å². The molecular weight excluding hydrogens is 162 g/mol. The Hall–Kier alpha value is -0.0800. The Bertz CT molecular complexity index is 121. The van der Waals surface area contributed by atoms with Gasteiger partial charge in [-0.2, -0.15) is 0 Å². The average Bonchev–Trinajstić information content (AvgIpc) is 2.57. The molecule has 0 bridgehead atoms. The van der Waals surface area contributed by atoms with Crippen LogP contribution >= 0.6 is 0 Å². The summed E-state index contributed by atoms with van der Waals surface area (Å²) in [5, 5.41) is 0. The summed E-state index contributed by atoms with van der Waals surface area (Å²) in [4.78, 5) is 0. The van der Waals surface area contributed by atoms with Crippen molar-refractivity contribution in [3.63, 3.8) is 0 Å². The summed E-state index contributed by atoms with van der Waals surface area (Å²) in [5.41, 5.74) is 6.04. The van der Waals surface area contributed by atoms with Crippen LogP contribution in [0.15, 0.2) is 0 Å². The quantitative estimate of drug-likeness (QED) is 0.644. The number of hydrogen-bond acceptors (Lipinski definition) is 2. The monoisotopic (exact) mass is 185 g/mol. The third-order valence-corrected chi connectivity index (χ3v) is 2.84.